The summed E-state index contributed by atoms with van der Waals surface area (Å²) in [7, 11) is 0. The molecule has 0 bridgehead atoms. The number of aromatic amines is 1. The van der Waals surface area contributed by atoms with Gasteiger partial charge in [-0.3, -0.25) is 5.10 Å². The zero-order valence-corrected chi connectivity index (χ0v) is 6.83. The number of fused-ring (bicyclic) bond motifs is 1. The molecule has 0 aliphatic heterocycles. The topological polar surface area (TPSA) is 48.9 Å². The van der Waals surface area contributed by atoms with Gasteiger partial charge in [0.1, 0.15) is 0 Å². The van der Waals surface area contributed by atoms with E-state index >= 15 is 0 Å². The number of H-pyrrole nitrogens is 1. The standard InChI is InChI=1S/C9H10N2O/c1-6-7(5-12)2-3-9-8(6)4-10-11-9/h2-4,12H,5H2,1H3,(H,10,11). The summed E-state index contributed by atoms with van der Waals surface area (Å²) in [5, 5.41) is 16.9. The van der Waals surface area contributed by atoms with Crippen LogP contribution in [0, 0.1) is 6.92 Å². The quantitative estimate of drug-likeness (QED) is 0.665. The smallest absolute Gasteiger partial charge is 0.0684 e. The number of rotatable bonds is 1. The van der Waals surface area contributed by atoms with Gasteiger partial charge in [0.25, 0.3) is 0 Å². The second kappa shape index (κ2) is 2.60. The maximum atomic E-state index is 8.98. The van der Waals surface area contributed by atoms with Gasteiger partial charge in [-0.15, -0.1) is 0 Å². The molecule has 0 aliphatic carbocycles. The zero-order valence-electron chi connectivity index (χ0n) is 6.83. The van der Waals surface area contributed by atoms with Gasteiger partial charge < -0.3 is 5.11 Å². The van der Waals surface area contributed by atoms with Crippen LogP contribution in [0.15, 0.2) is 18.3 Å². The molecule has 0 atom stereocenters. The molecule has 1 aromatic heterocycles. The van der Waals surface area contributed by atoms with Gasteiger partial charge in [0.05, 0.1) is 18.3 Å². The highest BCUT2D eigenvalue weighted by Crippen LogP contribution is 2.19. The summed E-state index contributed by atoms with van der Waals surface area (Å²) in [5.41, 5.74) is 3.08. The first-order valence-electron chi connectivity index (χ1n) is 3.85. The van der Waals surface area contributed by atoms with Crippen molar-refractivity contribution < 1.29 is 5.11 Å². The average molecular weight is 162 g/mol. The predicted molar refractivity (Wildman–Crippen MR) is 46.8 cm³/mol. The van der Waals surface area contributed by atoms with Crippen molar-refractivity contribution in [2.45, 2.75) is 13.5 Å². The minimum atomic E-state index is 0.0902. The van der Waals surface area contributed by atoms with Crippen LogP contribution in [0.5, 0.6) is 0 Å². The van der Waals surface area contributed by atoms with Crippen LogP contribution in [-0.2, 0) is 6.61 Å². The van der Waals surface area contributed by atoms with E-state index in [1.165, 1.54) is 0 Å². The van der Waals surface area contributed by atoms with Crippen molar-refractivity contribution in [2.24, 2.45) is 0 Å². The Balaban J connectivity index is 2.78. The van der Waals surface area contributed by atoms with E-state index in [-0.39, 0.29) is 6.61 Å². The lowest BCUT2D eigenvalue weighted by atomic mass is 10.1. The van der Waals surface area contributed by atoms with Crippen LogP contribution in [0.25, 0.3) is 10.9 Å². The fourth-order valence-corrected chi connectivity index (χ4v) is 1.38. The second-order valence-corrected chi connectivity index (χ2v) is 2.84. The lowest BCUT2D eigenvalue weighted by Gasteiger charge is -2.01. The Bertz CT molecular complexity index is 406. The number of benzene rings is 1. The van der Waals surface area contributed by atoms with E-state index in [0.717, 1.165) is 22.0 Å². The minimum Gasteiger partial charge on any atom is -0.392 e. The minimum absolute atomic E-state index is 0.0902. The molecule has 0 spiro atoms. The molecule has 0 radical (unpaired) electrons. The van der Waals surface area contributed by atoms with Crippen LogP contribution in [-0.4, -0.2) is 15.3 Å². The first-order valence-corrected chi connectivity index (χ1v) is 3.85. The van der Waals surface area contributed by atoms with Crippen LogP contribution in [0.2, 0.25) is 0 Å². The molecule has 0 saturated heterocycles. The van der Waals surface area contributed by atoms with Gasteiger partial charge in [-0.05, 0) is 24.1 Å². The van der Waals surface area contributed by atoms with Crippen molar-refractivity contribution in [2.75, 3.05) is 0 Å². The summed E-state index contributed by atoms with van der Waals surface area (Å²) in [6.07, 6.45) is 1.78. The summed E-state index contributed by atoms with van der Waals surface area (Å²) in [6.45, 7) is 2.08. The first kappa shape index (κ1) is 7.31. The fourth-order valence-electron chi connectivity index (χ4n) is 1.38. The van der Waals surface area contributed by atoms with Crippen LogP contribution in [0.1, 0.15) is 11.1 Å². The molecule has 0 fully saturated rings. The highest BCUT2D eigenvalue weighted by atomic mass is 16.3. The van der Waals surface area contributed by atoms with Crippen molar-refractivity contribution in [1.29, 1.82) is 0 Å². The van der Waals surface area contributed by atoms with Gasteiger partial charge >= 0.3 is 0 Å². The maximum absolute atomic E-state index is 8.98. The van der Waals surface area contributed by atoms with Crippen LogP contribution >= 0.6 is 0 Å². The lowest BCUT2D eigenvalue weighted by molar-refractivity contribution is 0.281. The largest absolute Gasteiger partial charge is 0.392 e. The van der Waals surface area contributed by atoms with Crippen molar-refractivity contribution in [3.05, 3.63) is 29.5 Å². The number of aliphatic hydroxyl groups is 1. The Morgan fingerprint density at radius 2 is 2.33 bits per heavy atom. The molecule has 3 heteroatoms. The first-order chi connectivity index (χ1) is 5.83. The number of aliphatic hydroxyl groups excluding tert-OH is 1. The molecule has 12 heavy (non-hydrogen) atoms. The molecule has 0 unspecified atom stereocenters. The highest BCUT2D eigenvalue weighted by molar-refractivity contribution is 5.82. The Labute approximate surface area is 70.0 Å². The van der Waals surface area contributed by atoms with Crippen molar-refractivity contribution >= 4 is 10.9 Å². The molecule has 2 aromatic rings. The maximum Gasteiger partial charge on any atom is 0.0684 e. The van der Waals surface area contributed by atoms with E-state index in [9.17, 15) is 0 Å². The molecular weight excluding hydrogens is 152 g/mol. The van der Waals surface area contributed by atoms with Crippen LogP contribution < -0.4 is 0 Å². The van der Waals surface area contributed by atoms with Crippen molar-refractivity contribution in [3.63, 3.8) is 0 Å². The van der Waals surface area contributed by atoms with E-state index < -0.39 is 0 Å². The Kier molecular flexibility index (Phi) is 1.59. The third-order valence-electron chi connectivity index (χ3n) is 2.18. The second-order valence-electron chi connectivity index (χ2n) is 2.84. The molecule has 1 aromatic carbocycles. The van der Waals surface area contributed by atoms with E-state index in [1.807, 2.05) is 19.1 Å². The monoisotopic (exact) mass is 162 g/mol. The predicted octanol–water partition coefficient (Wildman–Crippen LogP) is 1.36. The van der Waals surface area contributed by atoms with Crippen molar-refractivity contribution in [3.8, 4) is 0 Å². The van der Waals surface area contributed by atoms with Gasteiger partial charge in [0.15, 0.2) is 0 Å². The number of aromatic nitrogens is 2. The van der Waals surface area contributed by atoms with Gasteiger partial charge in [-0.25, -0.2) is 0 Å². The SMILES string of the molecule is Cc1c(CO)ccc2[nH]ncc12. The zero-order chi connectivity index (χ0) is 8.55. The van der Waals surface area contributed by atoms with E-state index in [1.54, 1.807) is 6.20 Å². The summed E-state index contributed by atoms with van der Waals surface area (Å²) < 4.78 is 0. The molecule has 0 aliphatic rings. The molecule has 0 amide bonds. The third kappa shape index (κ3) is 0.905. The Hall–Kier alpha value is -1.35. The van der Waals surface area contributed by atoms with Crippen LogP contribution in [0.3, 0.4) is 0 Å². The van der Waals surface area contributed by atoms with Gasteiger partial charge in [-0.2, -0.15) is 5.10 Å². The Morgan fingerprint density at radius 3 is 3.08 bits per heavy atom. The molecule has 62 valence electrons. The number of hydrogen-bond donors (Lipinski definition) is 2. The average Bonchev–Trinajstić information content (AvgIpc) is 2.53. The highest BCUT2D eigenvalue weighted by Gasteiger charge is 2.02. The molecule has 1 heterocycles. The van der Waals surface area contributed by atoms with Gasteiger partial charge in [0.2, 0.25) is 0 Å². The summed E-state index contributed by atoms with van der Waals surface area (Å²) in [5.74, 6) is 0. The van der Waals surface area contributed by atoms with Crippen molar-refractivity contribution in [1.82, 2.24) is 10.2 Å². The number of nitrogens with zero attached hydrogens (tertiary/aromatic N) is 1. The third-order valence-corrected chi connectivity index (χ3v) is 2.18. The van der Waals surface area contributed by atoms with E-state index in [4.69, 9.17) is 5.11 Å². The molecular formula is C9H10N2O. The summed E-state index contributed by atoms with van der Waals surface area (Å²) in [4.78, 5) is 0. The lowest BCUT2D eigenvalue weighted by Crippen LogP contribution is -1.87. The molecule has 2 rings (SSSR count). The van der Waals surface area contributed by atoms with E-state index in [2.05, 4.69) is 10.2 Å². The summed E-state index contributed by atoms with van der Waals surface area (Å²) in [6, 6.07) is 3.84. The number of nitrogens with one attached hydrogen (secondary N) is 1. The number of aryl methyl sites for hydroxylation is 1. The van der Waals surface area contributed by atoms with Gasteiger partial charge in [0, 0.05) is 5.39 Å². The number of hydrogen-bond acceptors (Lipinski definition) is 2. The molecule has 2 N–H and O–H groups in total. The normalized spacial score (nSPS) is 10.8. The summed E-state index contributed by atoms with van der Waals surface area (Å²) >= 11 is 0. The fraction of sp³-hybridized carbons (Fsp3) is 0.222. The van der Waals surface area contributed by atoms with Crippen LogP contribution in [0.4, 0.5) is 0 Å². The van der Waals surface area contributed by atoms with E-state index in [0.29, 0.717) is 0 Å². The Morgan fingerprint density at radius 1 is 1.50 bits per heavy atom. The molecule has 3 nitrogen and oxygen atoms in total. The van der Waals surface area contributed by atoms with Gasteiger partial charge in [-0.1, -0.05) is 6.07 Å². The molecule has 0 saturated carbocycles.